The second kappa shape index (κ2) is 6.50. The van der Waals surface area contributed by atoms with Crippen LogP contribution in [0.4, 0.5) is 0 Å². The number of carbonyl (C=O) groups is 1. The lowest BCUT2D eigenvalue weighted by atomic mass is 10.00. The van der Waals surface area contributed by atoms with Gasteiger partial charge in [-0.2, -0.15) is 0 Å². The predicted molar refractivity (Wildman–Crippen MR) is 70.1 cm³/mol. The molecule has 1 unspecified atom stereocenters. The molecule has 2 fully saturated rings. The Hall–Kier alpha value is -0.410. The Labute approximate surface area is 105 Å². The summed E-state index contributed by atoms with van der Waals surface area (Å²) in [5, 5.41) is 3.42. The van der Waals surface area contributed by atoms with Gasteiger partial charge in [0.2, 0.25) is 0 Å². The minimum atomic E-state index is 0.380. The van der Waals surface area contributed by atoms with Crippen molar-refractivity contribution in [2.24, 2.45) is 5.92 Å². The van der Waals surface area contributed by atoms with Gasteiger partial charge in [-0.1, -0.05) is 6.92 Å². The molecule has 2 aliphatic rings. The van der Waals surface area contributed by atoms with Gasteiger partial charge < -0.3 is 10.2 Å². The zero-order valence-electron chi connectivity index (χ0n) is 11.1. The summed E-state index contributed by atoms with van der Waals surface area (Å²) in [4.78, 5) is 14.2. The first kappa shape index (κ1) is 13.0. The molecule has 1 saturated carbocycles. The van der Waals surface area contributed by atoms with Crippen molar-refractivity contribution in [1.29, 1.82) is 0 Å². The van der Waals surface area contributed by atoms with Gasteiger partial charge in [-0.05, 0) is 58.3 Å². The minimum absolute atomic E-state index is 0.380. The molecular weight excluding hydrogens is 212 g/mol. The van der Waals surface area contributed by atoms with Gasteiger partial charge in [0.05, 0.1) is 0 Å². The zero-order chi connectivity index (χ0) is 12.1. The van der Waals surface area contributed by atoms with E-state index in [9.17, 15) is 4.79 Å². The molecule has 17 heavy (non-hydrogen) atoms. The third kappa shape index (κ3) is 3.52. The number of nitrogens with zero attached hydrogens (tertiary/aromatic N) is 1. The Bertz CT molecular complexity index is 249. The quantitative estimate of drug-likeness (QED) is 0.793. The fraction of sp³-hybridized carbons (Fsp3) is 0.929. The summed E-state index contributed by atoms with van der Waals surface area (Å²) in [5.41, 5.74) is 0. The van der Waals surface area contributed by atoms with Crippen molar-refractivity contribution in [1.82, 2.24) is 10.2 Å². The molecule has 0 amide bonds. The highest BCUT2D eigenvalue weighted by atomic mass is 16.1. The first-order valence-corrected chi connectivity index (χ1v) is 7.28. The topological polar surface area (TPSA) is 32.3 Å². The Morgan fingerprint density at radius 2 is 2.06 bits per heavy atom. The fourth-order valence-corrected chi connectivity index (χ4v) is 3.29. The number of hydrogen-bond acceptors (Lipinski definition) is 3. The number of hydrogen-bond donors (Lipinski definition) is 1. The van der Waals surface area contributed by atoms with Gasteiger partial charge in [0.1, 0.15) is 5.78 Å². The Morgan fingerprint density at radius 1 is 1.29 bits per heavy atom. The van der Waals surface area contributed by atoms with Gasteiger partial charge in [0, 0.05) is 18.4 Å². The van der Waals surface area contributed by atoms with E-state index in [2.05, 4.69) is 17.1 Å². The number of rotatable bonds is 5. The van der Waals surface area contributed by atoms with Crippen LogP contribution in [-0.4, -0.2) is 42.9 Å². The number of ketones is 1. The third-order valence-electron chi connectivity index (χ3n) is 4.43. The second-order valence-electron chi connectivity index (χ2n) is 5.45. The molecule has 1 heterocycles. The van der Waals surface area contributed by atoms with Gasteiger partial charge in [-0.15, -0.1) is 0 Å². The van der Waals surface area contributed by atoms with E-state index in [1.807, 2.05) is 0 Å². The monoisotopic (exact) mass is 238 g/mol. The highest BCUT2D eigenvalue weighted by molar-refractivity contribution is 5.82. The third-order valence-corrected chi connectivity index (χ3v) is 4.43. The maximum Gasteiger partial charge on any atom is 0.136 e. The summed E-state index contributed by atoms with van der Waals surface area (Å²) in [7, 11) is 0. The number of piperidine rings is 1. The Balaban J connectivity index is 1.76. The molecule has 1 aliphatic carbocycles. The maximum atomic E-state index is 11.6. The van der Waals surface area contributed by atoms with Gasteiger partial charge in [-0.25, -0.2) is 0 Å². The molecule has 0 aromatic carbocycles. The molecule has 3 nitrogen and oxygen atoms in total. The molecule has 1 saturated heterocycles. The summed E-state index contributed by atoms with van der Waals surface area (Å²) in [6.45, 7) is 6.81. The second-order valence-corrected chi connectivity index (χ2v) is 5.45. The molecule has 98 valence electrons. The highest BCUT2D eigenvalue weighted by Crippen LogP contribution is 2.25. The van der Waals surface area contributed by atoms with Crippen LogP contribution in [0.25, 0.3) is 0 Å². The van der Waals surface area contributed by atoms with Crippen LogP contribution >= 0.6 is 0 Å². The molecule has 2 rings (SSSR count). The first-order chi connectivity index (χ1) is 8.31. The number of carbonyl (C=O) groups excluding carboxylic acids is 1. The smallest absolute Gasteiger partial charge is 0.136 e. The van der Waals surface area contributed by atoms with Crippen molar-refractivity contribution >= 4 is 5.78 Å². The van der Waals surface area contributed by atoms with Crippen LogP contribution in [0.15, 0.2) is 0 Å². The molecule has 0 aromatic rings. The van der Waals surface area contributed by atoms with Crippen molar-refractivity contribution < 1.29 is 4.79 Å². The van der Waals surface area contributed by atoms with Crippen molar-refractivity contribution in [3.63, 3.8) is 0 Å². The summed E-state index contributed by atoms with van der Waals surface area (Å²) >= 11 is 0. The van der Waals surface area contributed by atoms with E-state index in [0.717, 1.165) is 57.9 Å². The highest BCUT2D eigenvalue weighted by Gasteiger charge is 2.26. The fourth-order valence-electron chi connectivity index (χ4n) is 3.29. The van der Waals surface area contributed by atoms with Crippen LogP contribution in [0.3, 0.4) is 0 Å². The van der Waals surface area contributed by atoms with Crippen LogP contribution in [0.2, 0.25) is 0 Å². The lowest BCUT2D eigenvalue weighted by molar-refractivity contribution is -0.120. The number of Topliss-reactive ketones (excluding diaryl/α,β-unsaturated/α-hetero) is 1. The van der Waals surface area contributed by atoms with E-state index < -0.39 is 0 Å². The van der Waals surface area contributed by atoms with E-state index in [1.54, 1.807) is 0 Å². The summed E-state index contributed by atoms with van der Waals surface area (Å²) in [6.07, 6.45) is 6.74. The molecule has 0 bridgehead atoms. The molecule has 0 radical (unpaired) electrons. The average molecular weight is 238 g/mol. The van der Waals surface area contributed by atoms with Crippen molar-refractivity contribution in [2.45, 2.75) is 51.5 Å². The summed E-state index contributed by atoms with van der Waals surface area (Å²) < 4.78 is 0. The van der Waals surface area contributed by atoms with Crippen LogP contribution in [0, 0.1) is 5.92 Å². The lowest BCUT2D eigenvalue weighted by Crippen LogP contribution is -2.43. The molecule has 0 spiro atoms. The number of nitrogens with one attached hydrogen (secondary N) is 1. The van der Waals surface area contributed by atoms with E-state index in [4.69, 9.17) is 0 Å². The van der Waals surface area contributed by atoms with Crippen molar-refractivity contribution in [3.8, 4) is 0 Å². The normalized spacial score (nSPS) is 26.9. The Morgan fingerprint density at radius 3 is 2.65 bits per heavy atom. The molecule has 1 N–H and O–H groups in total. The molecule has 3 heteroatoms. The minimum Gasteiger partial charge on any atom is -0.317 e. The standard InChI is InChI=1S/C14H26N2O/c1-2-16(13-6-9-15-10-7-13)11-8-12-4-3-5-14(12)17/h12-13,15H,2-11H2,1H3. The average Bonchev–Trinajstić information content (AvgIpc) is 2.77. The van der Waals surface area contributed by atoms with Crippen molar-refractivity contribution in [2.75, 3.05) is 26.2 Å². The van der Waals surface area contributed by atoms with Crippen LogP contribution in [0.5, 0.6) is 0 Å². The predicted octanol–water partition coefficient (Wildman–Crippen LogP) is 1.82. The summed E-state index contributed by atoms with van der Waals surface area (Å²) in [6, 6.07) is 0.748. The zero-order valence-corrected chi connectivity index (χ0v) is 11.1. The van der Waals surface area contributed by atoms with Gasteiger partial charge in [0.25, 0.3) is 0 Å². The molecule has 1 atom stereocenters. The van der Waals surface area contributed by atoms with E-state index in [0.29, 0.717) is 11.7 Å². The SMILES string of the molecule is CCN(CCC1CCCC1=O)C1CCNCC1. The van der Waals surface area contributed by atoms with E-state index in [1.165, 1.54) is 12.8 Å². The largest absolute Gasteiger partial charge is 0.317 e. The first-order valence-electron chi connectivity index (χ1n) is 7.28. The lowest BCUT2D eigenvalue weighted by Gasteiger charge is -2.34. The molecule has 1 aliphatic heterocycles. The maximum absolute atomic E-state index is 11.6. The van der Waals surface area contributed by atoms with Crippen LogP contribution in [0.1, 0.15) is 45.4 Å². The van der Waals surface area contributed by atoms with E-state index >= 15 is 0 Å². The van der Waals surface area contributed by atoms with Crippen LogP contribution < -0.4 is 5.32 Å². The van der Waals surface area contributed by atoms with Gasteiger partial charge >= 0.3 is 0 Å². The molecule has 0 aromatic heterocycles. The van der Waals surface area contributed by atoms with Crippen LogP contribution in [-0.2, 0) is 4.79 Å². The van der Waals surface area contributed by atoms with Gasteiger partial charge in [-0.3, -0.25) is 4.79 Å². The van der Waals surface area contributed by atoms with Gasteiger partial charge in [0.15, 0.2) is 0 Å². The Kier molecular flexibility index (Phi) is 4.99. The van der Waals surface area contributed by atoms with Crippen molar-refractivity contribution in [3.05, 3.63) is 0 Å². The molecular formula is C14H26N2O. The summed E-state index contributed by atoms with van der Waals surface area (Å²) in [5.74, 6) is 0.900. The van der Waals surface area contributed by atoms with E-state index in [-0.39, 0.29) is 0 Å².